The molecule has 1 atom stereocenters. The molecule has 0 radical (unpaired) electrons. The second-order valence-corrected chi connectivity index (χ2v) is 7.60. The molecule has 0 heterocycles. The summed E-state index contributed by atoms with van der Waals surface area (Å²) >= 11 is 3.56. The first-order valence-corrected chi connectivity index (χ1v) is 9.67. The van der Waals surface area contributed by atoms with Crippen LogP contribution in [-0.4, -0.2) is 0 Å². The van der Waals surface area contributed by atoms with Crippen molar-refractivity contribution in [2.24, 2.45) is 0 Å². The van der Waals surface area contributed by atoms with E-state index < -0.39 is 0 Å². The lowest BCUT2D eigenvalue weighted by atomic mass is 9.74. The highest BCUT2D eigenvalue weighted by atomic mass is 79.9. The van der Waals surface area contributed by atoms with E-state index in [9.17, 15) is 0 Å². The topological polar surface area (TPSA) is 0 Å². The van der Waals surface area contributed by atoms with E-state index in [-0.39, 0.29) is 0 Å². The van der Waals surface area contributed by atoms with Gasteiger partial charge in [-0.15, -0.1) is 0 Å². The fourth-order valence-electron chi connectivity index (χ4n) is 3.15. The van der Waals surface area contributed by atoms with E-state index in [1.165, 1.54) is 74.2 Å². The van der Waals surface area contributed by atoms with E-state index in [0.717, 1.165) is 0 Å². The third kappa shape index (κ3) is 7.00. The summed E-state index contributed by atoms with van der Waals surface area (Å²) in [6, 6.07) is 9.04. The average Bonchev–Trinajstić information content (AvgIpc) is 2.48. The summed E-state index contributed by atoms with van der Waals surface area (Å²) in [5.41, 5.74) is 1.89. The molecule has 120 valence electrons. The zero-order valence-corrected chi connectivity index (χ0v) is 15.8. The van der Waals surface area contributed by atoms with Gasteiger partial charge in [-0.05, 0) is 36.0 Å². The van der Waals surface area contributed by atoms with E-state index in [4.69, 9.17) is 0 Å². The van der Waals surface area contributed by atoms with Crippen LogP contribution in [0.2, 0.25) is 0 Å². The number of hydrogen-bond acceptors (Lipinski definition) is 0. The van der Waals surface area contributed by atoms with Crippen molar-refractivity contribution in [2.75, 3.05) is 0 Å². The Bertz CT molecular complexity index is 368. The Morgan fingerprint density at radius 3 is 1.81 bits per heavy atom. The first-order chi connectivity index (χ1) is 10.1. The maximum Gasteiger partial charge on any atom is 0.0175 e. The molecular formula is C20H33Br. The molecule has 0 aliphatic rings. The van der Waals surface area contributed by atoms with E-state index in [2.05, 4.69) is 61.0 Å². The largest absolute Gasteiger partial charge is 0.0654 e. The van der Waals surface area contributed by atoms with Gasteiger partial charge in [-0.2, -0.15) is 0 Å². The maximum atomic E-state index is 3.56. The van der Waals surface area contributed by atoms with Crippen molar-refractivity contribution in [3.05, 3.63) is 34.3 Å². The van der Waals surface area contributed by atoms with Crippen LogP contribution in [-0.2, 0) is 5.41 Å². The van der Waals surface area contributed by atoms with Crippen LogP contribution in [0.15, 0.2) is 28.7 Å². The average molecular weight is 353 g/mol. The van der Waals surface area contributed by atoms with Crippen molar-refractivity contribution in [2.45, 2.75) is 90.4 Å². The summed E-state index contributed by atoms with van der Waals surface area (Å²) in [7, 11) is 0. The Balaban J connectivity index is 2.62. The van der Waals surface area contributed by atoms with Crippen LogP contribution < -0.4 is 0 Å². The summed E-state index contributed by atoms with van der Waals surface area (Å²) in [5.74, 6) is 0. The van der Waals surface area contributed by atoms with Gasteiger partial charge in [0.25, 0.3) is 0 Å². The quantitative estimate of drug-likeness (QED) is 0.358. The zero-order chi connectivity index (χ0) is 15.6. The monoisotopic (exact) mass is 352 g/mol. The fraction of sp³-hybridized carbons (Fsp3) is 0.700. The van der Waals surface area contributed by atoms with Crippen LogP contribution in [0.1, 0.15) is 90.5 Å². The lowest BCUT2D eigenvalue weighted by Crippen LogP contribution is -2.22. The minimum Gasteiger partial charge on any atom is -0.0654 e. The fourth-order valence-corrected chi connectivity index (χ4v) is 3.41. The molecular weight excluding hydrogens is 320 g/mol. The Morgan fingerprint density at radius 2 is 1.24 bits per heavy atom. The molecule has 0 aliphatic heterocycles. The summed E-state index contributed by atoms with van der Waals surface area (Å²) in [5, 5.41) is 0. The van der Waals surface area contributed by atoms with Crippen LogP contribution >= 0.6 is 15.9 Å². The molecule has 0 amide bonds. The predicted molar refractivity (Wildman–Crippen MR) is 99.0 cm³/mol. The van der Waals surface area contributed by atoms with Gasteiger partial charge in [-0.1, -0.05) is 100 Å². The molecule has 1 aromatic rings. The highest BCUT2D eigenvalue weighted by Crippen LogP contribution is 2.36. The van der Waals surface area contributed by atoms with E-state index >= 15 is 0 Å². The molecule has 0 fully saturated rings. The van der Waals surface area contributed by atoms with Crippen LogP contribution in [0.25, 0.3) is 0 Å². The molecule has 0 saturated carbocycles. The highest BCUT2D eigenvalue weighted by Gasteiger charge is 2.25. The Morgan fingerprint density at radius 1 is 0.762 bits per heavy atom. The molecule has 0 nitrogen and oxygen atoms in total. The summed E-state index contributed by atoms with van der Waals surface area (Å²) < 4.78 is 1.19. The molecule has 0 spiro atoms. The molecule has 21 heavy (non-hydrogen) atoms. The first-order valence-electron chi connectivity index (χ1n) is 8.88. The SMILES string of the molecule is CCCCCCCC(C)(CCCCC)c1ccc(Br)cc1. The molecule has 0 bridgehead atoms. The van der Waals surface area contributed by atoms with Crippen LogP contribution in [0.4, 0.5) is 0 Å². The third-order valence-electron chi connectivity index (χ3n) is 4.71. The van der Waals surface area contributed by atoms with Crippen LogP contribution in [0.5, 0.6) is 0 Å². The van der Waals surface area contributed by atoms with Gasteiger partial charge in [0.2, 0.25) is 0 Å². The number of rotatable bonds is 11. The number of halogens is 1. The summed E-state index contributed by atoms with van der Waals surface area (Å²) in [4.78, 5) is 0. The number of benzene rings is 1. The van der Waals surface area contributed by atoms with Crippen molar-refractivity contribution in [1.82, 2.24) is 0 Å². The predicted octanol–water partition coefficient (Wildman–Crippen LogP) is 7.65. The molecule has 0 N–H and O–H groups in total. The number of unbranched alkanes of at least 4 members (excludes halogenated alkanes) is 6. The van der Waals surface area contributed by atoms with Crippen LogP contribution in [0, 0.1) is 0 Å². The van der Waals surface area contributed by atoms with Gasteiger partial charge in [-0.25, -0.2) is 0 Å². The van der Waals surface area contributed by atoms with E-state index in [0.29, 0.717) is 5.41 Å². The molecule has 0 aliphatic carbocycles. The highest BCUT2D eigenvalue weighted by molar-refractivity contribution is 9.10. The molecule has 1 rings (SSSR count). The van der Waals surface area contributed by atoms with Gasteiger partial charge in [0.05, 0.1) is 0 Å². The second kappa shape index (κ2) is 10.4. The van der Waals surface area contributed by atoms with Crippen molar-refractivity contribution in [3.8, 4) is 0 Å². The molecule has 1 heteroatoms. The molecule has 1 unspecified atom stereocenters. The van der Waals surface area contributed by atoms with Crippen molar-refractivity contribution < 1.29 is 0 Å². The van der Waals surface area contributed by atoms with Gasteiger partial charge in [0.15, 0.2) is 0 Å². The van der Waals surface area contributed by atoms with Gasteiger partial charge >= 0.3 is 0 Å². The summed E-state index contributed by atoms with van der Waals surface area (Å²) in [6.45, 7) is 7.06. The van der Waals surface area contributed by atoms with Gasteiger partial charge in [0, 0.05) is 4.47 Å². The van der Waals surface area contributed by atoms with Gasteiger partial charge < -0.3 is 0 Å². The first kappa shape index (κ1) is 18.7. The van der Waals surface area contributed by atoms with Gasteiger partial charge in [-0.3, -0.25) is 0 Å². The zero-order valence-electron chi connectivity index (χ0n) is 14.3. The maximum absolute atomic E-state index is 3.56. The van der Waals surface area contributed by atoms with Crippen molar-refractivity contribution in [3.63, 3.8) is 0 Å². The normalized spacial score (nSPS) is 14.1. The van der Waals surface area contributed by atoms with Crippen LogP contribution in [0.3, 0.4) is 0 Å². The minimum atomic E-state index is 0.363. The standard InChI is InChI=1S/C20H33Br/c1-4-6-8-9-11-17-20(3,16-10-7-5-2)18-12-14-19(21)15-13-18/h12-15H,4-11,16-17H2,1-3H3. The Labute approximate surface area is 140 Å². The third-order valence-corrected chi connectivity index (χ3v) is 5.23. The smallest absolute Gasteiger partial charge is 0.0175 e. The lowest BCUT2D eigenvalue weighted by Gasteiger charge is -2.31. The van der Waals surface area contributed by atoms with Crippen molar-refractivity contribution >= 4 is 15.9 Å². The van der Waals surface area contributed by atoms with Gasteiger partial charge in [0.1, 0.15) is 0 Å². The molecule has 1 aromatic carbocycles. The molecule has 0 saturated heterocycles. The Hall–Kier alpha value is -0.300. The van der Waals surface area contributed by atoms with Crippen molar-refractivity contribution in [1.29, 1.82) is 0 Å². The van der Waals surface area contributed by atoms with E-state index in [1.54, 1.807) is 0 Å². The number of hydrogen-bond donors (Lipinski definition) is 0. The Kier molecular flexibility index (Phi) is 9.31. The van der Waals surface area contributed by atoms with E-state index in [1.807, 2.05) is 0 Å². The summed E-state index contributed by atoms with van der Waals surface area (Å²) in [6.07, 6.45) is 13.6. The lowest BCUT2D eigenvalue weighted by molar-refractivity contribution is 0.365. The second-order valence-electron chi connectivity index (χ2n) is 6.69. The molecule has 0 aromatic heterocycles. The minimum absolute atomic E-state index is 0.363.